The van der Waals surface area contributed by atoms with E-state index in [1.165, 1.54) is 7.11 Å². The summed E-state index contributed by atoms with van der Waals surface area (Å²) in [6.07, 6.45) is 0. The third-order valence-corrected chi connectivity index (χ3v) is 3.38. The molecular weight excluding hydrogens is 286 g/mol. The number of aryl methyl sites for hydroxylation is 2. The van der Waals surface area contributed by atoms with E-state index in [0.717, 1.165) is 22.4 Å². The topological polar surface area (TPSA) is 38.3 Å². The number of halogens is 1. The summed E-state index contributed by atoms with van der Waals surface area (Å²) in [5.74, 6) is -0.333. The summed E-state index contributed by atoms with van der Waals surface area (Å²) in [7, 11) is 1.39. The van der Waals surface area contributed by atoms with Crippen molar-refractivity contribution in [3.8, 4) is 0 Å². The van der Waals surface area contributed by atoms with E-state index in [1.807, 2.05) is 38.1 Å². The fourth-order valence-electron chi connectivity index (χ4n) is 2.32. The Balaban J connectivity index is 2.36. The molecule has 1 unspecified atom stereocenters. The van der Waals surface area contributed by atoms with Crippen LogP contribution in [0.15, 0.2) is 42.5 Å². The van der Waals surface area contributed by atoms with Crippen molar-refractivity contribution in [1.29, 1.82) is 0 Å². The van der Waals surface area contributed by atoms with E-state index >= 15 is 0 Å². The Kier molecular flexibility index (Phi) is 4.86. The fraction of sp³-hybridized carbons (Fsp3) is 0.235. The molecule has 1 atom stereocenters. The van der Waals surface area contributed by atoms with E-state index in [0.29, 0.717) is 5.02 Å². The Labute approximate surface area is 129 Å². The number of nitrogens with one attached hydrogen (secondary N) is 1. The van der Waals surface area contributed by atoms with Crippen LogP contribution in [-0.2, 0) is 9.53 Å². The minimum atomic E-state index is -0.563. The molecular formula is C17H18ClNO2. The maximum atomic E-state index is 12.1. The van der Waals surface area contributed by atoms with Crippen LogP contribution in [0.4, 0.5) is 5.69 Å². The van der Waals surface area contributed by atoms with Crippen molar-refractivity contribution >= 4 is 23.3 Å². The second-order valence-corrected chi connectivity index (χ2v) is 5.47. The van der Waals surface area contributed by atoms with E-state index in [-0.39, 0.29) is 5.97 Å². The summed E-state index contributed by atoms with van der Waals surface area (Å²) in [5, 5.41) is 3.80. The van der Waals surface area contributed by atoms with E-state index in [9.17, 15) is 4.79 Å². The molecule has 2 aromatic rings. The van der Waals surface area contributed by atoms with E-state index in [2.05, 4.69) is 11.4 Å². The molecule has 21 heavy (non-hydrogen) atoms. The van der Waals surface area contributed by atoms with Gasteiger partial charge in [0.05, 0.1) is 7.11 Å². The van der Waals surface area contributed by atoms with Gasteiger partial charge in [0, 0.05) is 10.7 Å². The van der Waals surface area contributed by atoms with E-state index in [4.69, 9.17) is 16.3 Å². The van der Waals surface area contributed by atoms with Crippen molar-refractivity contribution < 1.29 is 9.53 Å². The Morgan fingerprint density at radius 2 is 1.81 bits per heavy atom. The lowest BCUT2D eigenvalue weighted by atomic mass is 10.0. The van der Waals surface area contributed by atoms with Gasteiger partial charge in [0.15, 0.2) is 6.04 Å². The smallest absolute Gasteiger partial charge is 0.332 e. The Hall–Kier alpha value is -2.00. The molecule has 2 aromatic carbocycles. The molecule has 0 aliphatic heterocycles. The SMILES string of the molecule is COC(=O)C(Nc1cccc(Cl)c1)c1cc(C)cc(C)c1. The standard InChI is InChI=1S/C17H18ClNO2/c1-11-7-12(2)9-13(8-11)16(17(20)21-3)19-15-6-4-5-14(18)10-15/h4-10,16,19H,1-3H3. The minimum absolute atomic E-state index is 0.333. The van der Waals surface area contributed by atoms with Gasteiger partial charge in [0.2, 0.25) is 0 Å². The number of methoxy groups -OCH3 is 1. The number of esters is 1. The summed E-state index contributed by atoms with van der Waals surface area (Å²) < 4.78 is 4.91. The first-order chi connectivity index (χ1) is 9.99. The van der Waals surface area contributed by atoms with Gasteiger partial charge in [-0.1, -0.05) is 47.0 Å². The van der Waals surface area contributed by atoms with Crippen LogP contribution in [0.25, 0.3) is 0 Å². The predicted octanol–water partition coefficient (Wildman–Crippen LogP) is 4.28. The van der Waals surface area contributed by atoms with Crippen molar-refractivity contribution in [2.45, 2.75) is 19.9 Å². The molecule has 0 saturated carbocycles. The number of hydrogen-bond donors (Lipinski definition) is 1. The minimum Gasteiger partial charge on any atom is -0.467 e. The highest BCUT2D eigenvalue weighted by Crippen LogP contribution is 2.24. The second-order valence-electron chi connectivity index (χ2n) is 5.03. The van der Waals surface area contributed by atoms with E-state index < -0.39 is 6.04 Å². The molecule has 0 aliphatic carbocycles. The fourth-order valence-corrected chi connectivity index (χ4v) is 2.51. The van der Waals surface area contributed by atoms with Crippen molar-refractivity contribution in [3.63, 3.8) is 0 Å². The van der Waals surface area contributed by atoms with Gasteiger partial charge < -0.3 is 10.1 Å². The zero-order valence-corrected chi connectivity index (χ0v) is 13.1. The Morgan fingerprint density at radius 3 is 2.38 bits per heavy atom. The molecule has 0 aromatic heterocycles. The number of carbonyl (C=O) groups is 1. The van der Waals surface area contributed by atoms with Crippen LogP contribution in [0.1, 0.15) is 22.7 Å². The molecule has 110 valence electrons. The van der Waals surface area contributed by atoms with Crippen LogP contribution in [0, 0.1) is 13.8 Å². The highest BCUT2D eigenvalue weighted by atomic mass is 35.5. The third kappa shape index (κ3) is 3.99. The number of anilines is 1. The van der Waals surface area contributed by atoms with Crippen LogP contribution < -0.4 is 5.32 Å². The molecule has 0 saturated heterocycles. The number of benzene rings is 2. The van der Waals surface area contributed by atoms with Crippen LogP contribution in [0.2, 0.25) is 5.02 Å². The van der Waals surface area contributed by atoms with Crippen molar-refractivity contribution in [2.75, 3.05) is 12.4 Å². The molecule has 0 heterocycles. The van der Waals surface area contributed by atoms with Crippen LogP contribution in [0.3, 0.4) is 0 Å². The third-order valence-electron chi connectivity index (χ3n) is 3.15. The molecule has 0 spiro atoms. The van der Waals surface area contributed by atoms with Crippen molar-refractivity contribution in [2.24, 2.45) is 0 Å². The number of carbonyl (C=O) groups excluding carboxylic acids is 1. The molecule has 1 N–H and O–H groups in total. The molecule has 0 fully saturated rings. The number of hydrogen-bond acceptors (Lipinski definition) is 3. The first kappa shape index (κ1) is 15.4. The van der Waals surface area contributed by atoms with Gasteiger partial charge in [0.1, 0.15) is 0 Å². The number of rotatable bonds is 4. The van der Waals surface area contributed by atoms with Gasteiger partial charge in [0.25, 0.3) is 0 Å². The first-order valence-corrected chi connectivity index (χ1v) is 7.05. The summed E-state index contributed by atoms with van der Waals surface area (Å²) in [6, 6.07) is 12.7. The first-order valence-electron chi connectivity index (χ1n) is 6.67. The molecule has 3 nitrogen and oxygen atoms in total. The van der Waals surface area contributed by atoms with Gasteiger partial charge in [-0.25, -0.2) is 4.79 Å². The zero-order valence-electron chi connectivity index (χ0n) is 12.3. The molecule has 2 rings (SSSR count). The largest absolute Gasteiger partial charge is 0.467 e. The predicted molar refractivity (Wildman–Crippen MR) is 85.7 cm³/mol. The van der Waals surface area contributed by atoms with Crippen LogP contribution in [-0.4, -0.2) is 13.1 Å². The normalized spacial score (nSPS) is 11.8. The summed E-state index contributed by atoms with van der Waals surface area (Å²) in [5.41, 5.74) is 3.86. The van der Waals surface area contributed by atoms with Gasteiger partial charge in [-0.3, -0.25) is 0 Å². The lowest BCUT2D eigenvalue weighted by Crippen LogP contribution is -2.22. The molecule has 0 amide bonds. The average molecular weight is 304 g/mol. The summed E-state index contributed by atoms with van der Waals surface area (Å²) in [6.45, 7) is 4.01. The van der Waals surface area contributed by atoms with Gasteiger partial charge >= 0.3 is 5.97 Å². The number of ether oxygens (including phenoxy) is 1. The van der Waals surface area contributed by atoms with Gasteiger partial charge in [-0.2, -0.15) is 0 Å². The summed E-state index contributed by atoms with van der Waals surface area (Å²) in [4.78, 5) is 12.1. The van der Waals surface area contributed by atoms with E-state index in [1.54, 1.807) is 12.1 Å². The molecule has 0 bridgehead atoms. The van der Waals surface area contributed by atoms with Crippen molar-refractivity contribution in [3.05, 3.63) is 64.2 Å². The Morgan fingerprint density at radius 1 is 1.14 bits per heavy atom. The van der Waals surface area contributed by atoms with Gasteiger partial charge in [-0.15, -0.1) is 0 Å². The highest BCUT2D eigenvalue weighted by molar-refractivity contribution is 6.30. The van der Waals surface area contributed by atoms with Crippen LogP contribution in [0.5, 0.6) is 0 Å². The monoisotopic (exact) mass is 303 g/mol. The molecule has 0 aliphatic rings. The van der Waals surface area contributed by atoms with Crippen molar-refractivity contribution in [1.82, 2.24) is 0 Å². The average Bonchev–Trinajstić information content (AvgIpc) is 2.43. The maximum Gasteiger partial charge on any atom is 0.332 e. The zero-order chi connectivity index (χ0) is 15.4. The lowest BCUT2D eigenvalue weighted by Gasteiger charge is -2.19. The van der Waals surface area contributed by atoms with Gasteiger partial charge in [-0.05, 0) is 37.6 Å². The lowest BCUT2D eigenvalue weighted by molar-refractivity contribution is -0.141. The Bertz CT molecular complexity index is 635. The molecule has 0 radical (unpaired) electrons. The maximum absolute atomic E-state index is 12.1. The highest BCUT2D eigenvalue weighted by Gasteiger charge is 2.21. The quantitative estimate of drug-likeness (QED) is 0.857. The summed E-state index contributed by atoms with van der Waals surface area (Å²) >= 11 is 5.98. The second kappa shape index (κ2) is 6.64. The molecule has 4 heteroatoms. The van der Waals surface area contributed by atoms with Crippen LogP contribution >= 0.6 is 11.6 Å².